The molecule has 0 saturated carbocycles. The maximum Gasteiger partial charge on any atom is 0.303 e. The number of carbonyl (C=O) groups is 2. The predicted molar refractivity (Wildman–Crippen MR) is 99.2 cm³/mol. The Morgan fingerprint density at radius 2 is 2.00 bits per heavy atom. The number of aromatic amines is 1. The summed E-state index contributed by atoms with van der Waals surface area (Å²) in [6.07, 6.45) is 0.787. The molecule has 27 heavy (non-hydrogen) atoms. The molecule has 1 heterocycles. The van der Waals surface area contributed by atoms with E-state index in [1.54, 1.807) is 12.1 Å². The maximum atomic E-state index is 13.3. The quantitative estimate of drug-likeness (QED) is 0.647. The number of aliphatic carboxylic acids is 1. The molecule has 1 aliphatic carbocycles. The maximum absolute atomic E-state index is 13.3. The molecule has 0 saturated heterocycles. The molecule has 0 radical (unpaired) electrons. The van der Waals surface area contributed by atoms with E-state index in [2.05, 4.69) is 10.3 Å². The molecule has 1 unspecified atom stereocenters. The SMILES string of the molecule is O=C(O)C[C@@H]1c2ccccc2CC1CNC(=O)c1cc2cc(F)ccc2[nH]1. The number of carbonyl (C=O) groups excluding carboxylic acids is 1. The first-order chi connectivity index (χ1) is 13.0. The van der Waals surface area contributed by atoms with Crippen molar-refractivity contribution < 1.29 is 19.1 Å². The fourth-order valence-corrected chi connectivity index (χ4v) is 3.98. The summed E-state index contributed by atoms with van der Waals surface area (Å²) < 4.78 is 13.3. The summed E-state index contributed by atoms with van der Waals surface area (Å²) in [5, 5.41) is 12.8. The van der Waals surface area contributed by atoms with E-state index in [0.717, 1.165) is 17.5 Å². The number of amides is 1. The van der Waals surface area contributed by atoms with E-state index in [1.807, 2.05) is 24.3 Å². The normalized spacial score (nSPS) is 18.4. The Labute approximate surface area is 155 Å². The second kappa shape index (κ2) is 6.87. The molecular weight excluding hydrogens is 347 g/mol. The van der Waals surface area contributed by atoms with Crippen molar-refractivity contribution >= 4 is 22.8 Å². The van der Waals surface area contributed by atoms with Gasteiger partial charge < -0.3 is 15.4 Å². The van der Waals surface area contributed by atoms with Gasteiger partial charge in [-0.1, -0.05) is 24.3 Å². The Morgan fingerprint density at radius 3 is 2.81 bits per heavy atom. The van der Waals surface area contributed by atoms with Gasteiger partial charge >= 0.3 is 5.97 Å². The molecule has 4 rings (SSSR count). The number of fused-ring (bicyclic) bond motifs is 2. The van der Waals surface area contributed by atoms with E-state index >= 15 is 0 Å². The standard InChI is InChI=1S/C21H19FN2O3/c22-15-5-6-18-13(8-15)9-19(24-18)21(27)23-11-14-7-12-3-1-2-4-16(12)17(14)10-20(25)26/h1-6,8-9,14,17,24H,7,10-11H2,(H,23,27)(H,25,26)/t14?,17-/m0/s1. The van der Waals surface area contributed by atoms with E-state index in [4.69, 9.17) is 0 Å². The smallest absolute Gasteiger partial charge is 0.303 e. The lowest BCUT2D eigenvalue weighted by Crippen LogP contribution is -2.31. The summed E-state index contributed by atoms with van der Waals surface area (Å²) in [5.41, 5.74) is 3.25. The number of carboxylic acid groups (broad SMARTS) is 1. The molecule has 1 amide bonds. The number of hydrogen-bond acceptors (Lipinski definition) is 2. The highest BCUT2D eigenvalue weighted by Gasteiger charge is 2.33. The molecule has 5 nitrogen and oxygen atoms in total. The summed E-state index contributed by atoms with van der Waals surface area (Å²) in [6, 6.07) is 13.8. The summed E-state index contributed by atoms with van der Waals surface area (Å²) in [7, 11) is 0. The Bertz CT molecular complexity index is 1030. The third-order valence-corrected chi connectivity index (χ3v) is 5.25. The zero-order valence-corrected chi connectivity index (χ0v) is 14.5. The van der Waals surface area contributed by atoms with Crippen molar-refractivity contribution in [3.8, 4) is 0 Å². The zero-order valence-electron chi connectivity index (χ0n) is 14.5. The van der Waals surface area contributed by atoms with E-state index in [0.29, 0.717) is 23.1 Å². The molecule has 1 aliphatic rings. The van der Waals surface area contributed by atoms with Crippen LogP contribution in [0.3, 0.4) is 0 Å². The van der Waals surface area contributed by atoms with Crippen LogP contribution in [0.15, 0.2) is 48.5 Å². The van der Waals surface area contributed by atoms with Crippen LogP contribution in [-0.4, -0.2) is 28.5 Å². The van der Waals surface area contributed by atoms with Gasteiger partial charge in [0.15, 0.2) is 0 Å². The number of nitrogens with one attached hydrogen (secondary N) is 2. The van der Waals surface area contributed by atoms with Gasteiger partial charge in [0.25, 0.3) is 5.91 Å². The van der Waals surface area contributed by atoms with Crippen molar-refractivity contribution in [2.45, 2.75) is 18.8 Å². The Morgan fingerprint density at radius 1 is 1.19 bits per heavy atom. The molecule has 2 atom stereocenters. The monoisotopic (exact) mass is 366 g/mol. The van der Waals surface area contributed by atoms with Crippen LogP contribution < -0.4 is 5.32 Å². The predicted octanol–water partition coefficient (Wildman–Crippen LogP) is 3.47. The van der Waals surface area contributed by atoms with Gasteiger partial charge in [-0.2, -0.15) is 0 Å². The number of H-pyrrole nitrogens is 1. The number of halogens is 1. The van der Waals surface area contributed by atoms with Crippen LogP contribution >= 0.6 is 0 Å². The molecule has 3 N–H and O–H groups in total. The first-order valence-electron chi connectivity index (χ1n) is 8.87. The first kappa shape index (κ1) is 17.3. The van der Waals surface area contributed by atoms with Gasteiger partial charge in [-0.3, -0.25) is 9.59 Å². The first-order valence-corrected chi connectivity index (χ1v) is 8.87. The van der Waals surface area contributed by atoms with Crippen molar-refractivity contribution in [3.05, 3.63) is 71.2 Å². The van der Waals surface area contributed by atoms with Gasteiger partial charge in [0, 0.05) is 17.4 Å². The number of hydrogen-bond donors (Lipinski definition) is 3. The van der Waals surface area contributed by atoms with E-state index in [1.165, 1.54) is 12.1 Å². The molecular formula is C21H19FN2O3. The number of benzene rings is 2. The van der Waals surface area contributed by atoms with E-state index in [9.17, 15) is 19.1 Å². The highest BCUT2D eigenvalue weighted by molar-refractivity contribution is 5.98. The van der Waals surface area contributed by atoms with Gasteiger partial charge in [-0.15, -0.1) is 0 Å². The minimum absolute atomic E-state index is 0.0317. The highest BCUT2D eigenvalue weighted by atomic mass is 19.1. The number of aromatic nitrogens is 1. The molecule has 6 heteroatoms. The van der Waals surface area contributed by atoms with Gasteiger partial charge in [0.05, 0.1) is 6.42 Å². The molecule has 1 aromatic heterocycles. The van der Waals surface area contributed by atoms with Gasteiger partial charge in [0.1, 0.15) is 11.5 Å². The summed E-state index contributed by atoms with van der Waals surface area (Å²) in [6.45, 7) is 0.384. The molecule has 0 bridgehead atoms. The lowest BCUT2D eigenvalue weighted by Gasteiger charge is -2.19. The molecule has 138 valence electrons. The number of rotatable bonds is 5. The van der Waals surface area contributed by atoms with Crippen LogP contribution in [0.5, 0.6) is 0 Å². The van der Waals surface area contributed by atoms with Gasteiger partial charge in [-0.25, -0.2) is 4.39 Å². The largest absolute Gasteiger partial charge is 0.481 e. The third-order valence-electron chi connectivity index (χ3n) is 5.25. The number of carboxylic acids is 1. The van der Waals surface area contributed by atoms with Crippen LogP contribution in [0.4, 0.5) is 4.39 Å². The Hall–Kier alpha value is -3.15. The van der Waals surface area contributed by atoms with Crippen LogP contribution in [0, 0.1) is 11.7 Å². The fourth-order valence-electron chi connectivity index (χ4n) is 3.98. The molecule has 2 aromatic carbocycles. The zero-order chi connectivity index (χ0) is 19.0. The van der Waals surface area contributed by atoms with Crippen molar-refractivity contribution in [3.63, 3.8) is 0 Å². The van der Waals surface area contributed by atoms with Gasteiger partial charge in [0.2, 0.25) is 0 Å². The second-order valence-electron chi connectivity index (χ2n) is 6.99. The lowest BCUT2D eigenvalue weighted by molar-refractivity contribution is -0.137. The van der Waals surface area contributed by atoms with Crippen molar-refractivity contribution in [1.82, 2.24) is 10.3 Å². The van der Waals surface area contributed by atoms with Crippen molar-refractivity contribution in [2.75, 3.05) is 6.54 Å². The van der Waals surface area contributed by atoms with Crippen LogP contribution in [0.2, 0.25) is 0 Å². The summed E-state index contributed by atoms with van der Waals surface area (Å²) in [5.74, 6) is -1.56. The third kappa shape index (κ3) is 3.43. The van der Waals surface area contributed by atoms with Crippen LogP contribution in [0.1, 0.15) is 34.0 Å². The Balaban J connectivity index is 1.48. The fraction of sp³-hybridized carbons (Fsp3) is 0.238. The van der Waals surface area contributed by atoms with Crippen LogP contribution in [-0.2, 0) is 11.2 Å². The average Bonchev–Trinajstić information content (AvgIpc) is 3.21. The van der Waals surface area contributed by atoms with Crippen molar-refractivity contribution in [1.29, 1.82) is 0 Å². The average molecular weight is 366 g/mol. The summed E-state index contributed by atoms with van der Waals surface area (Å²) >= 11 is 0. The van der Waals surface area contributed by atoms with Crippen LogP contribution in [0.25, 0.3) is 10.9 Å². The van der Waals surface area contributed by atoms with Gasteiger partial charge in [-0.05, 0) is 53.6 Å². The second-order valence-corrected chi connectivity index (χ2v) is 6.99. The molecule has 0 fully saturated rings. The molecule has 0 aliphatic heterocycles. The molecule has 3 aromatic rings. The van der Waals surface area contributed by atoms with Crippen molar-refractivity contribution in [2.24, 2.45) is 5.92 Å². The summed E-state index contributed by atoms with van der Waals surface area (Å²) in [4.78, 5) is 26.8. The minimum atomic E-state index is -0.842. The van der Waals surface area contributed by atoms with E-state index < -0.39 is 5.97 Å². The Kier molecular flexibility index (Phi) is 4.39. The molecule has 0 spiro atoms. The topological polar surface area (TPSA) is 82.2 Å². The minimum Gasteiger partial charge on any atom is -0.481 e. The lowest BCUT2D eigenvalue weighted by atomic mass is 9.89. The highest BCUT2D eigenvalue weighted by Crippen LogP contribution is 2.39. The van der Waals surface area contributed by atoms with E-state index in [-0.39, 0.29) is 30.0 Å².